The van der Waals surface area contributed by atoms with Crippen LogP contribution in [0.25, 0.3) is 10.8 Å². The number of non-ortho nitro benzene ring substituents is 2. The molecular weight excluding hydrogens is 444 g/mol. The van der Waals surface area contributed by atoms with Crippen molar-refractivity contribution in [2.75, 3.05) is 0 Å². The van der Waals surface area contributed by atoms with Crippen LogP contribution in [-0.4, -0.2) is 21.8 Å². The van der Waals surface area contributed by atoms with E-state index in [9.17, 15) is 29.8 Å². The number of carbonyl (C=O) groups is 2. The molecule has 0 spiro atoms. The molecule has 0 amide bonds. The fraction of sp³-hybridized carbons (Fsp3) is 0. The standard InChI is InChI=1S/C24H14N2O8/c27-23(16-1-7-19(8-2-16)25(29)30)33-21-11-5-15-6-12-22(14-18(15)13-21)34-24(28)17-3-9-20(10-4-17)26(31)32/h1-14H. The number of nitro groups is 2. The third kappa shape index (κ3) is 4.86. The van der Waals surface area contributed by atoms with Crippen LogP contribution < -0.4 is 9.47 Å². The maximum absolute atomic E-state index is 12.4. The summed E-state index contributed by atoms with van der Waals surface area (Å²) in [5, 5.41) is 22.9. The molecule has 0 aliphatic rings. The number of hydrogen-bond acceptors (Lipinski definition) is 8. The van der Waals surface area contributed by atoms with Crippen molar-refractivity contribution in [2.45, 2.75) is 0 Å². The van der Waals surface area contributed by atoms with Gasteiger partial charge >= 0.3 is 11.9 Å². The summed E-state index contributed by atoms with van der Waals surface area (Å²) in [6, 6.07) is 19.8. The summed E-state index contributed by atoms with van der Waals surface area (Å²) >= 11 is 0. The van der Waals surface area contributed by atoms with E-state index in [0.717, 1.165) is 5.39 Å². The minimum atomic E-state index is -0.685. The van der Waals surface area contributed by atoms with Gasteiger partial charge in [-0.3, -0.25) is 20.2 Å². The predicted octanol–water partition coefficient (Wildman–Crippen LogP) is 5.09. The molecule has 0 saturated carbocycles. The zero-order valence-electron chi connectivity index (χ0n) is 17.2. The topological polar surface area (TPSA) is 139 Å². The molecular formula is C24H14N2O8. The molecule has 0 aliphatic heterocycles. The molecule has 0 atom stereocenters. The minimum absolute atomic E-state index is 0.141. The number of fused-ring (bicyclic) bond motifs is 1. The average Bonchev–Trinajstić information content (AvgIpc) is 2.84. The molecule has 0 unspecified atom stereocenters. The van der Waals surface area contributed by atoms with E-state index in [1.54, 1.807) is 36.4 Å². The lowest BCUT2D eigenvalue weighted by Gasteiger charge is -2.08. The van der Waals surface area contributed by atoms with Crippen LogP contribution in [0.3, 0.4) is 0 Å². The summed E-state index contributed by atoms with van der Waals surface area (Å²) in [6.07, 6.45) is 0. The molecule has 0 radical (unpaired) electrons. The number of benzene rings is 4. The summed E-state index contributed by atoms with van der Waals surface area (Å²) in [6.45, 7) is 0. The highest BCUT2D eigenvalue weighted by molar-refractivity contribution is 5.94. The minimum Gasteiger partial charge on any atom is -0.423 e. The van der Waals surface area contributed by atoms with Crippen LogP contribution in [0.4, 0.5) is 11.4 Å². The summed E-state index contributed by atoms with van der Waals surface area (Å²) in [5.74, 6) is -0.908. The van der Waals surface area contributed by atoms with E-state index in [-0.39, 0.29) is 34.0 Å². The Labute approximate surface area is 191 Å². The van der Waals surface area contributed by atoms with Crippen molar-refractivity contribution in [3.05, 3.63) is 116 Å². The summed E-state index contributed by atoms with van der Waals surface area (Å²) in [5.41, 5.74) is 0.0177. The zero-order chi connectivity index (χ0) is 24.2. The first-order chi connectivity index (χ1) is 16.3. The third-order valence-electron chi connectivity index (χ3n) is 4.83. The molecule has 4 rings (SSSR count). The van der Waals surface area contributed by atoms with Crippen LogP contribution in [0.2, 0.25) is 0 Å². The van der Waals surface area contributed by atoms with Gasteiger partial charge in [0, 0.05) is 24.3 Å². The Hall–Kier alpha value is -5.12. The second-order valence-corrected chi connectivity index (χ2v) is 7.06. The highest BCUT2D eigenvalue weighted by Gasteiger charge is 2.14. The van der Waals surface area contributed by atoms with E-state index in [1.807, 2.05) is 0 Å². The molecule has 34 heavy (non-hydrogen) atoms. The molecule has 4 aromatic rings. The van der Waals surface area contributed by atoms with Gasteiger partial charge in [-0.15, -0.1) is 0 Å². The largest absolute Gasteiger partial charge is 0.423 e. The first-order valence-corrected chi connectivity index (χ1v) is 9.77. The molecule has 0 N–H and O–H groups in total. The Morgan fingerprint density at radius 3 is 1.29 bits per heavy atom. The molecule has 0 fully saturated rings. The Bertz CT molecular complexity index is 1320. The van der Waals surface area contributed by atoms with E-state index in [4.69, 9.17) is 9.47 Å². The quantitative estimate of drug-likeness (QED) is 0.168. The second-order valence-electron chi connectivity index (χ2n) is 7.06. The molecule has 0 bridgehead atoms. The summed E-state index contributed by atoms with van der Waals surface area (Å²) in [7, 11) is 0. The van der Waals surface area contributed by atoms with E-state index < -0.39 is 21.8 Å². The van der Waals surface area contributed by atoms with Gasteiger partial charge in [-0.2, -0.15) is 0 Å². The van der Waals surface area contributed by atoms with E-state index in [2.05, 4.69) is 0 Å². The van der Waals surface area contributed by atoms with Gasteiger partial charge < -0.3 is 9.47 Å². The van der Waals surface area contributed by atoms with Gasteiger partial charge in [0.05, 0.1) is 21.0 Å². The molecule has 10 heteroatoms. The van der Waals surface area contributed by atoms with E-state index in [1.165, 1.54) is 48.5 Å². The van der Waals surface area contributed by atoms with Crippen LogP contribution in [-0.2, 0) is 0 Å². The van der Waals surface area contributed by atoms with Crippen molar-refractivity contribution >= 4 is 34.1 Å². The monoisotopic (exact) mass is 458 g/mol. The van der Waals surface area contributed by atoms with Crippen LogP contribution >= 0.6 is 0 Å². The molecule has 0 aromatic heterocycles. The normalized spacial score (nSPS) is 10.5. The SMILES string of the molecule is O=C(Oc1ccc2ccc(OC(=O)c3ccc([N+](=O)[O-])cc3)cc2c1)c1ccc([N+](=O)[O-])cc1. The van der Waals surface area contributed by atoms with Gasteiger partial charge in [-0.05, 0) is 59.3 Å². The average molecular weight is 458 g/mol. The highest BCUT2D eigenvalue weighted by atomic mass is 16.6. The lowest BCUT2D eigenvalue weighted by Crippen LogP contribution is -2.09. The molecule has 168 valence electrons. The van der Waals surface area contributed by atoms with E-state index >= 15 is 0 Å². The Kier molecular flexibility index (Phi) is 5.95. The van der Waals surface area contributed by atoms with Gasteiger partial charge in [0.1, 0.15) is 11.5 Å². The number of nitrogens with zero attached hydrogens (tertiary/aromatic N) is 2. The number of carbonyl (C=O) groups excluding carboxylic acids is 2. The number of rotatable bonds is 6. The molecule has 10 nitrogen and oxygen atoms in total. The lowest BCUT2D eigenvalue weighted by atomic mass is 10.1. The second kappa shape index (κ2) is 9.17. The summed E-state index contributed by atoms with van der Waals surface area (Å²) in [4.78, 5) is 45.1. The Morgan fingerprint density at radius 2 is 0.941 bits per heavy atom. The van der Waals surface area contributed by atoms with Crippen LogP contribution in [0.15, 0.2) is 84.9 Å². The van der Waals surface area contributed by atoms with Crippen molar-refractivity contribution < 1.29 is 28.9 Å². The molecule has 0 saturated heterocycles. The van der Waals surface area contributed by atoms with Gasteiger partial charge in [0.2, 0.25) is 0 Å². The predicted molar refractivity (Wildman–Crippen MR) is 120 cm³/mol. The van der Waals surface area contributed by atoms with Crippen molar-refractivity contribution in [3.63, 3.8) is 0 Å². The zero-order valence-corrected chi connectivity index (χ0v) is 17.2. The smallest absolute Gasteiger partial charge is 0.343 e. The fourth-order valence-corrected chi connectivity index (χ4v) is 3.10. The number of esters is 2. The number of nitro benzene ring substituents is 2. The van der Waals surface area contributed by atoms with Gasteiger partial charge in [-0.25, -0.2) is 9.59 Å². The highest BCUT2D eigenvalue weighted by Crippen LogP contribution is 2.26. The van der Waals surface area contributed by atoms with Gasteiger partial charge in [0.25, 0.3) is 11.4 Å². The molecule has 4 aromatic carbocycles. The maximum Gasteiger partial charge on any atom is 0.343 e. The maximum atomic E-state index is 12.4. The van der Waals surface area contributed by atoms with E-state index in [0.29, 0.717) is 5.39 Å². The number of ether oxygens (including phenoxy) is 2. The fourth-order valence-electron chi connectivity index (χ4n) is 3.10. The Morgan fingerprint density at radius 1 is 0.559 bits per heavy atom. The first kappa shape index (κ1) is 22.1. The molecule has 0 aliphatic carbocycles. The first-order valence-electron chi connectivity index (χ1n) is 9.77. The Balaban J connectivity index is 1.50. The van der Waals surface area contributed by atoms with Crippen molar-refractivity contribution in [1.82, 2.24) is 0 Å². The van der Waals surface area contributed by atoms with Crippen LogP contribution in [0.1, 0.15) is 20.7 Å². The van der Waals surface area contributed by atoms with Crippen molar-refractivity contribution in [2.24, 2.45) is 0 Å². The van der Waals surface area contributed by atoms with Gasteiger partial charge in [0.15, 0.2) is 0 Å². The number of hydrogen-bond donors (Lipinski definition) is 0. The van der Waals surface area contributed by atoms with Crippen molar-refractivity contribution in [3.8, 4) is 11.5 Å². The van der Waals surface area contributed by atoms with Crippen LogP contribution in [0.5, 0.6) is 11.5 Å². The third-order valence-corrected chi connectivity index (χ3v) is 4.83. The van der Waals surface area contributed by atoms with Crippen molar-refractivity contribution in [1.29, 1.82) is 0 Å². The summed E-state index contributed by atoms with van der Waals surface area (Å²) < 4.78 is 10.7. The molecule has 0 heterocycles. The lowest BCUT2D eigenvalue weighted by molar-refractivity contribution is -0.385. The van der Waals surface area contributed by atoms with Gasteiger partial charge in [-0.1, -0.05) is 12.1 Å². The van der Waals surface area contributed by atoms with Crippen LogP contribution in [0, 0.1) is 20.2 Å².